The molecule has 3 nitrogen and oxygen atoms in total. The highest BCUT2D eigenvalue weighted by Crippen LogP contribution is 2.39. The summed E-state index contributed by atoms with van der Waals surface area (Å²) in [5, 5.41) is 3.48. The molecule has 2 heterocycles. The molecule has 0 aliphatic rings. The van der Waals surface area contributed by atoms with Gasteiger partial charge < -0.3 is 0 Å². The van der Waals surface area contributed by atoms with Crippen molar-refractivity contribution in [3.8, 4) is 89.7 Å². The Labute approximate surface area is 361 Å². The van der Waals surface area contributed by atoms with Crippen LogP contribution in [0.25, 0.3) is 111 Å². The maximum atomic E-state index is 5.28. The van der Waals surface area contributed by atoms with Crippen molar-refractivity contribution in [2.24, 2.45) is 0 Å². The van der Waals surface area contributed by atoms with Gasteiger partial charge in [0, 0.05) is 27.6 Å². The second-order valence-corrected chi connectivity index (χ2v) is 15.6. The molecule has 0 atom stereocenters. The van der Waals surface area contributed by atoms with Crippen molar-refractivity contribution in [1.82, 2.24) is 15.0 Å². The van der Waals surface area contributed by atoms with Gasteiger partial charge in [0.1, 0.15) is 0 Å². The lowest BCUT2D eigenvalue weighted by Gasteiger charge is -2.14. The van der Waals surface area contributed by atoms with Crippen LogP contribution in [0.4, 0.5) is 0 Å². The number of hydrogen-bond acceptors (Lipinski definition) is 3. The predicted molar refractivity (Wildman–Crippen MR) is 258 cm³/mol. The summed E-state index contributed by atoms with van der Waals surface area (Å²) in [5.74, 6) is 0.675. The van der Waals surface area contributed by atoms with Crippen molar-refractivity contribution in [1.29, 1.82) is 0 Å². The first-order valence-electron chi connectivity index (χ1n) is 21.0. The van der Waals surface area contributed by atoms with Crippen LogP contribution in [-0.2, 0) is 0 Å². The minimum Gasteiger partial charge on any atom is -0.248 e. The molecule has 0 bridgehead atoms. The van der Waals surface area contributed by atoms with Crippen LogP contribution in [0.5, 0.6) is 0 Å². The second-order valence-electron chi connectivity index (χ2n) is 15.6. The Morgan fingerprint density at radius 3 is 1.26 bits per heavy atom. The summed E-state index contributed by atoms with van der Waals surface area (Å²) in [7, 11) is 0. The fourth-order valence-electron chi connectivity index (χ4n) is 8.53. The van der Waals surface area contributed by atoms with Gasteiger partial charge in [-0.15, -0.1) is 0 Å². The van der Waals surface area contributed by atoms with Crippen LogP contribution < -0.4 is 0 Å². The summed E-state index contributed by atoms with van der Waals surface area (Å²) in [6, 6.07) is 83.4. The molecule has 0 aliphatic heterocycles. The minimum absolute atomic E-state index is 0.675. The fourth-order valence-corrected chi connectivity index (χ4v) is 8.53. The largest absolute Gasteiger partial charge is 0.248 e. The van der Waals surface area contributed by atoms with Gasteiger partial charge in [-0.1, -0.05) is 194 Å². The predicted octanol–water partition coefficient (Wildman–Crippen LogP) is 15.5. The van der Waals surface area contributed by atoms with Gasteiger partial charge >= 0.3 is 0 Å². The molecule has 0 radical (unpaired) electrons. The molecule has 3 heteroatoms. The molecule has 0 unspecified atom stereocenters. The molecule has 9 aromatic carbocycles. The average molecular weight is 790 g/mol. The summed E-state index contributed by atoms with van der Waals surface area (Å²) in [5.41, 5.74) is 17.0. The normalized spacial score (nSPS) is 11.2. The molecular formula is C59H39N3. The zero-order valence-corrected chi connectivity index (χ0v) is 33.9. The Kier molecular flexibility index (Phi) is 9.53. The first kappa shape index (κ1) is 36.8. The van der Waals surface area contributed by atoms with Crippen molar-refractivity contribution < 1.29 is 0 Å². The highest BCUT2D eigenvalue weighted by Gasteiger charge is 2.16. The SMILES string of the molecule is c1ccc(-c2cccc(-c3cc(-c4cccc(-c5ccccc5)c4)nc(-c4cccc(-c5ccc6c(ccc7nc(-c8ccccc8)cc(-c8ccccc8)c76)c5)c4)n3)c2)cc1. The van der Waals surface area contributed by atoms with E-state index in [0.717, 1.165) is 77.9 Å². The van der Waals surface area contributed by atoms with E-state index < -0.39 is 0 Å². The molecule has 0 fully saturated rings. The van der Waals surface area contributed by atoms with E-state index in [1.807, 2.05) is 6.07 Å². The molecule has 0 saturated heterocycles. The van der Waals surface area contributed by atoms with Crippen molar-refractivity contribution in [2.45, 2.75) is 0 Å². The first-order valence-corrected chi connectivity index (χ1v) is 21.0. The van der Waals surface area contributed by atoms with E-state index in [2.05, 4.69) is 231 Å². The third-order valence-electron chi connectivity index (χ3n) is 11.7. The van der Waals surface area contributed by atoms with Crippen LogP contribution in [0, 0.1) is 0 Å². The quantitative estimate of drug-likeness (QED) is 0.144. The average Bonchev–Trinajstić information content (AvgIpc) is 3.37. The fraction of sp³-hybridized carbons (Fsp3) is 0. The van der Waals surface area contributed by atoms with Crippen LogP contribution in [0.1, 0.15) is 0 Å². The smallest absolute Gasteiger partial charge is 0.160 e. The molecule has 62 heavy (non-hydrogen) atoms. The van der Waals surface area contributed by atoms with Gasteiger partial charge in [-0.25, -0.2) is 15.0 Å². The maximum Gasteiger partial charge on any atom is 0.160 e. The van der Waals surface area contributed by atoms with E-state index in [0.29, 0.717) is 5.82 Å². The van der Waals surface area contributed by atoms with Gasteiger partial charge in [-0.2, -0.15) is 0 Å². The molecule has 11 aromatic rings. The number of fused-ring (bicyclic) bond motifs is 3. The Bertz CT molecular complexity index is 3280. The molecule has 0 N–H and O–H groups in total. The number of hydrogen-bond donors (Lipinski definition) is 0. The minimum atomic E-state index is 0.675. The number of nitrogens with zero attached hydrogens (tertiary/aromatic N) is 3. The number of pyridine rings is 1. The van der Waals surface area contributed by atoms with Crippen LogP contribution >= 0.6 is 0 Å². The highest BCUT2D eigenvalue weighted by atomic mass is 14.9. The Balaban J connectivity index is 1.02. The molecule has 0 amide bonds. The van der Waals surface area contributed by atoms with Crippen molar-refractivity contribution >= 4 is 21.7 Å². The van der Waals surface area contributed by atoms with Crippen molar-refractivity contribution in [2.75, 3.05) is 0 Å². The highest BCUT2D eigenvalue weighted by molar-refractivity contribution is 6.14. The molecule has 2 aromatic heterocycles. The lowest BCUT2D eigenvalue weighted by atomic mass is 9.93. The summed E-state index contributed by atoms with van der Waals surface area (Å²) in [4.78, 5) is 15.8. The van der Waals surface area contributed by atoms with E-state index in [-0.39, 0.29) is 0 Å². The number of aromatic nitrogens is 3. The maximum absolute atomic E-state index is 5.28. The molecule has 11 rings (SSSR count). The third-order valence-corrected chi connectivity index (χ3v) is 11.7. The molecule has 0 saturated carbocycles. The summed E-state index contributed by atoms with van der Waals surface area (Å²) < 4.78 is 0. The van der Waals surface area contributed by atoms with E-state index in [9.17, 15) is 0 Å². The molecular weight excluding hydrogens is 751 g/mol. The van der Waals surface area contributed by atoms with E-state index in [1.54, 1.807) is 0 Å². The van der Waals surface area contributed by atoms with Gasteiger partial charge in [0.25, 0.3) is 0 Å². The van der Waals surface area contributed by atoms with Gasteiger partial charge in [-0.05, 0) is 97.7 Å². The Morgan fingerprint density at radius 1 is 0.242 bits per heavy atom. The van der Waals surface area contributed by atoms with Crippen molar-refractivity contribution in [3.05, 3.63) is 237 Å². The van der Waals surface area contributed by atoms with E-state index in [4.69, 9.17) is 15.0 Å². The van der Waals surface area contributed by atoms with Gasteiger partial charge in [-0.3, -0.25) is 0 Å². The number of rotatable bonds is 8. The van der Waals surface area contributed by atoms with Gasteiger partial charge in [0.05, 0.1) is 22.6 Å². The third kappa shape index (κ3) is 7.23. The van der Waals surface area contributed by atoms with Crippen molar-refractivity contribution in [3.63, 3.8) is 0 Å². The molecule has 0 spiro atoms. The zero-order valence-electron chi connectivity index (χ0n) is 33.9. The molecule has 290 valence electrons. The lowest BCUT2D eigenvalue weighted by Crippen LogP contribution is -1.96. The Morgan fingerprint density at radius 2 is 0.677 bits per heavy atom. The van der Waals surface area contributed by atoms with Crippen LogP contribution in [0.3, 0.4) is 0 Å². The lowest BCUT2D eigenvalue weighted by molar-refractivity contribution is 1.18. The zero-order chi connectivity index (χ0) is 41.2. The standard InChI is InChI=1S/C59H39N3/c1-5-16-40(17-6-1)44-24-13-27-49(35-44)56-39-57(50-28-14-25-45(36-50)41-18-7-2-8-19-41)62-59(61-56)51-29-15-26-46(37-51)47-30-32-52-48(34-47)31-33-54-58(52)53(42-20-9-3-10-21-42)38-55(60-54)43-22-11-4-12-23-43/h1-39H. The Hall–Kier alpha value is -8.27. The van der Waals surface area contributed by atoms with Gasteiger partial charge in [0.2, 0.25) is 0 Å². The topological polar surface area (TPSA) is 38.7 Å². The second kappa shape index (κ2) is 16.1. The summed E-state index contributed by atoms with van der Waals surface area (Å²) in [6.45, 7) is 0. The monoisotopic (exact) mass is 789 g/mol. The van der Waals surface area contributed by atoms with Crippen LogP contribution in [0.15, 0.2) is 237 Å². The van der Waals surface area contributed by atoms with Crippen LogP contribution in [0.2, 0.25) is 0 Å². The van der Waals surface area contributed by atoms with Gasteiger partial charge in [0.15, 0.2) is 5.82 Å². The summed E-state index contributed by atoms with van der Waals surface area (Å²) in [6.07, 6.45) is 0. The first-order chi connectivity index (χ1) is 30.7. The van der Waals surface area contributed by atoms with E-state index in [1.165, 1.54) is 27.6 Å². The number of benzene rings is 9. The van der Waals surface area contributed by atoms with Crippen LogP contribution in [-0.4, -0.2) is 15.0 Å². The molecule has 0 aliphatic carbocycles. The summed E-state index contributed by atoms with van der Waals surface area (Å²) >= 11 is 0. The van der Waals surface area contributed by atoms with E-state index >= 15 is 0 Å².